The van der Waals surface area contributed by atoms with Crippen LogP contribution >= 0.6 is 0 Å². The lowest BCUT2D eigenvalue weighted by Gasteiger charge is -2.29. The fraction of sp³-hybridized carbons (Fsp3) is 0.562. The lowest BCUT2D eigenvalue weighted by atomic mass is 9.94. The molecule has 0 bridgehead atoms. The fourth-order valence-corrected chi connectivity index (χ4v) is 3.24. The zero-order valence-electron chi connectivity index (χ0n) is 13.8. The average Bonchev–Trinajstić information content (AvgIpc) is 2.92. The van der Waals surface area contributed by atoms with Gasteiger partial charge in [-0.1, -0.05) is 23.3 Å². The number of para-hydroxylation sites is 1. The molecule has 1 atom stereocenters. The van der Waals surface area contributed by atoms with Gasteiger partial charge in [-0.25, -0.2) is 0 Å². The lowest BCUT2D eigenvalue weighted by Crippen LogP contribution is -2.41. The van der Waals surface area contributed by atoms with Crippen LogP contribution in [0.3, 0.4) is 0 Å². The van der Waals surface area contributed by atoms with Crippen LogP contribution in [0.4, 0.5) is 5.95 Å². The van der Waals surface area contributed by atoms with Crippen LogP contribution in [-0.2, 0) is 0 Å². The minimum Gasteiger partial charge on any atom is -0.388 e. The Morgan fingerprint density at radius 1 is 1.17 bits per heavy atom. The summed E-state index contributed by atoms with van der Waals surface area (Å²) in [6.07, 6.45) is 2.44. The van der Waals surface area contributed by atoms with Crippen LogP contribution in [0, 0.1) is 0 Å². The Hall–Kier alpha value is -1.99. The summed E-state index contributed by atoms with van der Waals surface area (Å²) in [5.74, 6) is 0.741. The fourth-order valence-electron chi connectivity index (χ4n) is 3.24. The number of hydrogen-bond donors (Lipinski definition) is 1. The van der Waals surface area contributed by atoms with Crippen molar-refractivity contribution in [2.45, 2.75) is 24.9 Å². The van der Waals surface area contributed by atoms with Gasteiger partial charge in [0.2, 0.25) is 5.95 Å². The molecule has 124 valence electrons. The maximum Gasteiger partial charge on any atom is 0.250 e. The van der Waals surface area contributed by atoms with Crippen LogP contribution in [0.1, 0.15) is 19.3 Å². The molecular formula is C16H24N6O. The number of nitrogens with zero attached hydrogens (tertiary/aromatic N) is 6. The molecule has 2 aromatic rings. The van der Waals surface area contributed by atoms with Crippen LogP contribution in [0.2, 0.25) is 0 Å². The number of rotatable bonds is 4. The maximum absolute atomic E-state index is 10.8. The van der Waals surface area contributed by atoms with Gasteiger partial charge >= 0.3 is 0 Å². The quantitative estimate of drug-likeness (QED) is 0.905. The van der Waals surface area contributed by atoms with Crippen molar-refractivity contribution in [3.8, 4) is 5.69 Å². The van der Waals surface area contributed by atoms with E-state index in [1.807, 2.05) is 49.3 Å². The van der Waals surface area contributed by atoms with Crippen LogP contribution in [0.15, 0.2) is 30.3 Å². The van der Waals surface area contributed by atoms with E-state index >= 15 is 0 Å². The van der Waals surface area contributed by atoms with Gasteiger partial charge in [-0.3, -0.25) is 0 Å². The molecule has 2 heterocycles. The molecule has 1 aromatic carbocycles. The molecule has 0 spiro atoms. The Balaban J connectivity index is 1.78. The minimum atomic E-state index is -0.636. The summed E-state index contributed by atoms with van der Waals surface area (Å²) in [5.41, 5.74) is 0.309. The second-order valence-corrected chi connectivity index (χ2v) is 6.53. The average molecular weight is 316 g/mol. The second kappa shape index (κ2) is 6.64. The number of aliphatic hydroxyl groups is 1. The highest BCUT2D eigenvalue weighted by Crippen LogP contribution is 2.26. The zero-order chi connectivity index (χ0) is 16.3. The number of hydrogen-bond acceptors (Lipinski definition) is 6. The summed E-state index contributed by atoms with van der Waals surface area (Å²) in [5, 5.41) is 23.0. The Bertz CT molecular complexity index is 629. The molecule has 0 aliphatic carbocycles. The topological polar surface area (TPSA) is 70.3 Å². The molecule has 3 rings (SSSR count). The normalized spacial score (nSPS) is 22.3. The molecule has 7 heteroatoms. The van der Waals surface area contributed by atoms with Gasteiger partial charge in [0.05, 0.1) is 11.3 Å². The summed E-state index contributed by atoms with van der Waals surface area (Å²) < 4.78 is 1.76. The van der Waals surface area contributed by atoms with Gasteiger partial charge in [-0.2, -0.15) is 4.68 Å². The monoisotopic (exact) mass is 316 g/mol. The summed E-state index contributed by atoms with van der Waals surface area (Å²) in [6.45, 7) is 2.28. The summed E-state index contributed by atoms with van der Waals surface area (Å²) >= 11 is 0. The van der Waals surface area contributed by atoms with E-state index < -0.39 is 5.60 Å². The molecule has 1 N–H and O–H groups in total. The predicted molar refractivity (Wildman–Crippen MR) is 88.7 cm³/mol. The van der Waals surface area contributed by atoms with E-state index in [2.05, 4.69) is 20.4 Å². The van der Waals surface area contributed by atoms with E-state index in [-0.39, 0.29) is 0 Å². The van der Waals surface area contributed by atoms with Crippen molar-refractivity contribution in [2.75, 3.05) is 38.6 Å². The van der Waals surface area contributed by atoms with Crippen molar-refractivity contribution in [1.29, 1.82) is 0 Å². The molecular weight excluding hydrogens is 292 g/mol. The maximum atomic E-state index is 10.8. The number of likely N-dealkylation sites (N-methyl/N-ethyl adjacent to an activating group) is 1. The first-order chi connectivity index (χ1) is 11.1. The first-order valence-electron chi connectivity index (χ1n) is 8.03. The molecule has 0 unspecified atom stereocenters. The Labute approximate surface area is 136 Å². The van der Waals surface area contributed by atoms with Crippen molar-refractivity contribution >= 4 is 5.95 Å². The van der Waals surface area contributed by atoms with Crippen molar-refractivity contribution in [3.05, 3.63) is 30.3 Å². The molecule has 1 fully saturated rings. The minimum absolute atomic E-state index is 0.636. The van der Waals surface area contributed by atoms with E-state index in [4.69, 9.17) is 0 Å². The van der Waals surface area contributed by atoms with E-state index in [0.29, 0.717) is 13.0 Å². The van der Waals surface area contributed by atoms with Gasteiger partial charge in [0.25, 0.3) is 0 Å². The molecule has 1 saturated heterocycles. The van der Waals surface area contributed by atoms with Crippen molar-refractivity contribution in [2.24, 2.45) is 0 Å². The van der Waals surface area contributed by atoms with E-state index in [0.717, 1.165) is 37.6 Å². The van der Waals surface area contributed by atoms with Gasteiger partial charge in [0, 0.05) is 19.6 Å². The van der Waals surface area contributed by atoms with Crippen LogP contribution in [-0.4, -0.2) is 69.5 Å². The third-order valence-electron chi connectivity index (χ3n) is 4.26. The van der Waals surface area contributed by atoms with Crippen molar-refractivity contribution in [1.82, 2.24) is 25.1 Å². The largest absolute Gasteiger partial charge is 0.388 e. The van der Waals surface area contributed by atoms with Gasteiger partial charge in [0.1, 0.15) is 0 Å². The number of benzene rings is 1. The standard InChI is InChI=1S/C16H24N6O/c1-20(2)13-16(23)9-6-11-21(12-10-16)15-17-18-19-22(15)14-7-4-3-5-8-14/h3-5,7-8,23H,6,9-13H2,1-2H3/t16-/m1/s1. The van der Waals surface area contributed by atoms with Crippen LogP contribution in [0.25, 0.3) is 5.69 Å². The highest BCUT2D eigenvalue weighted by atomic mass is 16.3. The van der Waals surface area contributed by atoms with Crippen molar-refractivity contribution < 1.29 is 5.11 Å². The summed E-state index contributed by atoms with van der Waals surface area (Å²) in [7, 11) is 3.99. The number of anilines is 1. The van der Waals surface area contributed by atoms with Crippen molar-refractivity contribution in [3.63, 3.8) is 0 Å². The molecule has 7 nitrogen and oxygen atoms in total. The Morgan fingerprint density at radius 2 is 1.96 bits per heavy atom. The van der Waals surface area contributed by atoms with Gasteiger partial charge in [-0.15, -0.1) is 0 Å². The molecule has 0 amide bonds. The van der Waals surface area contributed by atoms with Crippen LogP contribution < -0.4 is 4.90 Å². The molecule has 1 aromatic heterocycles. The first kappa shape index (κ1) is 15.9. The molecule has 0 radical (unpaired) electrons. The zero-order valence-corrected chi connectivity index (χ0v) is 13.8. The number of aromatic nitrogens is 4. The van der Waals surface area contributed by atoms with Gasteiger partial charge < -0.3 is 14.9 Å². The third-order valence-corrected chi connectivity index (χ3v) is 4.26. The molecule has 0 saturated carbocycles. The van der Waals surface area contributed by atoms with E-state index in [1.54, 1.807) is 4.68 Å². The summed E-state index contributed by atoms with van der Waals surface area (Å²) in [4.78, 5) is 4.21. The highest BCUT2D eigenvalue weighted by molar-refractivity contribution is 5.40. The Kier molecular flexibility index (Phi) is 4.58. The lowest BCUT2D eigenvalue weighted by molar-refractivity contribution is 0.00536. The molecule has 1 aliphatic rings. The highest BCUT2D eigenvalue weighted by Gasteiger charge is 2.32. The van der Waals surface area contributed by atoms with E-state index in [1.165, 1.54) is 0 Å². The third kappa shape index (κ3) is 3.68. The predicted octanol–water partition coefficient (Wildman–Crippen LogP) is 0.945. The first-order valence-corrected chi connectivity index (χ1v) is 8.03. The number of tetrazole rings is 1. The van der Waals surface area contributed by atoms with Gasteiger partial charge in [0.15, 0.2) is 0 Å². The van der Waals surface area contributed by atoms with Gasteiger partial charge in [-0.05, 0) is 55.9 Å². The summed E-state index contributed by atoms with van der Waals surface area (Å²) in [6, 6.07) is 9.89. The second-order valence-electron chi connectivity index (χ2n) is 6.53. The molecule has 1 aliphatic heterocycles. The van der Waals surface area contributed by atoms with E-state index in [9.17, 15) is 5.11 Å². The molecule has 23 heavy (non-hydrogen) atoms. The van der Waals surface area contributed by atoms with Crippen LogP contribution in [0.5, 0.6) is 0 Å². The SMILES string of the molecule is CN(C)C[C@@]1(O)CCCN(c2nnnn2-c2ccccc2)CC1. The smallest absolute Gasteiger partial charge is 0.250 e. The Morgan fingerprint density at radius 3 is 2.70 bits per heavy atom.